The number of likely N-dealkylation sites (tertiary alicyclic amines) is 1. The fraction of sp³-hybridized carbons (Fsp3) is 0.414. The number of carbonyl (C=O) groups is 2. The van der Waals surface area contributed by atoms with Crippen molar-refractivity contribution in [1.29, 1.82) is 0 Å². The van der Waals surface area contributed by atoms with E-state index in [9.17, 15) is 14.7 Å². The zero-order valence-corrected chi connectivity index (χ0v) is 21.7. The molecular weight excluding hydrogens is 468 g/mol. The number of ether oxygens (including phenoxy) is 1. The number of fused-ring (bicyclic) bond motifs is 1. The van der Waals surface area contributed by atoms with Gasteiger partial charge in [0.05, 0.1) is 12.8 Å². The van der Waals surface area contributed by atoms with Crippen molar-refractivity contribution >= 4 is 29.4 Å². The van der Waals surface area contributed by atoms with Crippen LogP contribution in [0.4, 0.5) is 5.69 Å². The van der Waals surface area contributed by atoms with Crippen LogP contribution in [0.3, 0.4) is 0 Å². The van der Waals surface area contributed by atoms with Crippen molar-refractivity contribution in [3.8, 4) is 16.9 Å². The van der Waals surface area contributed by atoms with Crippen LogP contribution in [0.15, 0.2) is 47.0 Å². The Labute approximate surface area is 218 Å². The first-order valence-electron chi connectivity index (χ1n) is 13.0. The molecular formula is C29H36N4O4. The average Bonchev–Trinajstić information content (AvgIpc) is 3.40. The fourth-order valence-electron chi connectivity index (χ4n) is 4.90. The first-order valence-corrected chi connectivity index (χ1v) is 13.0. The largest absolute Gasteiger partial charge is 0.496 e. The minimum absolute atomic E-state index is 0.0341. The number of amides is 2. The lowest BCUT2D eigenvalue weighted by Gasteiger charge is -2.23. The molecule has 1 fully saturated rings. The molecule has 2 aliphatic rings. The quantitative estimate of drug-likeness (QED) is 0.537. The molecule has 0 spiro atoms. The summed E-state index contributed by atoms with van der Waals surface area (Å²) in [6.45, 7) is 4.78. The number of benzene rings is 2. The monoisotopic (exact) mass is 504 g/mol. The van der Waals surface area contributed by atoms with Crippen molar-refractivity contribution in [3.05, 3.63) is 53.1 Å². The smallest absolute Gasteiger partial charge is 0.253 e. The summed E-state index contributed by atoms with van der Waals surface area (Å²) in [5.41, 5.74) is 10.6. The van der Waals surface area contributed by atoms with Crippen LogP contribution in [0.2, 0.25) is 0 Å². The summed E-state index contributed by atoms with van der Waals surface area (Å²) in [4.78, 5) is 34.3. The highest BCUT2D eigenvalue weighted by molar-refractivity contribution is 6.06. The highest BCUT2D eigenvalue weighted by Crippen LogP contribution is 2.39. The number of amidine groups is 1. The lowest BCUT2D eigenvalue weighted by Crippen LogP contribution is -2.35. The Morgan fingerprint density at radius 2 is 1.86 bits per heavy atom. The van der Waals surface area contributed by atoms with Gasteiger partial charge in [0.1, 0.15) is 11.6 Å². The number of aliphatic imine (C=N–C) groups is 1. The molecule has 0 bridgehead atoms. The van der Waals surface area contributed by atoms with E-state index in [2.05, 4.69) is 4.99 Å². The number of methoxy groups -OCH3 is 1. The molecule has 8 nitrogen and oxygen atoms in total. The van der Waals surface area contributed by atoms with E-state index in [1.807, 2.05) is 54.3 Å². The van der Waals surface area contributed by atoms with Crippen LogP contribution >= 0.6 is 0 Å². The number of rotatable bonds is 9. The lowest BCUT2D eigenvalue weighted by atomic mass is 9.98. The summed E-state index contributed by atoms with van der Waals surface area (Å²) in [7, 11) is 1.61. The number of hydrogen-bond donors (Lipinski definition) is 2. The van der Waals surface area contributed by atoms with E-state index in [1.54, 1.807) is 12.0 Å². The molecule has 2 amide bonds. The predicted molar refractivity (Wildman–Crippen MR) is 146 cm³/mol. The van der Waals surface area contributed by atoms with Gasteiger partial charge in [0, 0.05) is 61.5 Å². The second kappa shape index (κ2) is 12.1. The van der Waals surface area contributed by atoms with E-state index >= 15 is 0 Å². The number of carbonyl (C=O) groups excluding carboxylic acids is 2. The lowest BCUT2D eigenvalue weighted by molar-refractivity contribution is -0.127. The van der Waals surface area contributed by atoms with Crippen molar-refractivity contribution in [3.63, 3.8) is 0 Å². The van der Waals surface area contributed by atoms with Gasteiger partial charge in [-0.05, 0) is 61.6 Å². The molecule has 0 aliphatic carbocycles. The Morgan fingerprint density at radius 1 is 1.14 bits per heavy atom. The van der Waals surface area contributed by atoms with Gasteiger partial charge in [0.15, 0.2) is 0 Å². The minimum atomic E-state index is -0.0948. The van der Waals surface area contributed by atoms with Crippen molar-refractivity contribution in [1.82, 2.24) is 9.80 Å². The Balaban J connectivity index is 1.66. The summed E-state index contributed by atoms with van der Waals surface area (Å²) in [5, 5.41) is 9.24. The maximum atomic E-state index is 13.3. The third-order valence-electron chi connectivity index (χ3n) is 6.79. The van der Waals surface area contributed by atoms with Crippen molar-refractivity contribution in [2.75, 3.05) is 39.9 Å². The van der Waals surface area contributed by atoms with Gasteiger partial charge in [-0.2, -0.15) is 0 Å². The zero-order valence-electron chi connectivity index (χ0n) is 21.7. The summed E-state index contributed by atoms with van der Waals surface area (Å²) in [6.07, 6.45) is 5.55. The Hall–Kier alpha value is -3.65. The third kappa shape index (κ3) is 6.02. The molecule has 2 aromatic rings. The average molecular weight is 505 g/mol. The molecule has 1 saturated heterocycles. The number of aliphatic hydroxyl groups excluding tert-OH is 1. The highest BCUT2D eigenvalue weighted by atomic mass is 16.5. The van der Waals surface area contributed by atoms with Crippen LogP contribution in [-0.4, -0.2) is 72.5 Å². The summed E-state index contributed by atoms with van der Waals surface area (Å²) >= 11 is 0. The molecule has 2 aromatic carbocycles. The summed E-state index contributed by atoms with van der Waals surface area (Å²) in [6, 6.07) is 11.3. The van der Waals surface area contributed by atoms with Crippen LogP contribution in [0, 0.1) is 0 Å². The van der Waals surface area contributed by atoms with Crippen molar-refractivity contribution in [2.45, 2.75) is 39.0 Å². The van der Waals surface area contributed by atoms with Crippen molar-refractivity contribution in [2.24, 2.45) is 10.7 Å². The van der Waals surface area contributed by atoms with Gasteiger partial charge >= 0.3 is 0 Å². The maximum Gasteiger partial charge on any atom is 0.253 e. The molecule has 2 aliphatic heterocycles. The molecule has 0 unspecified atom stereocenters. The second-order valence-corrected chi connectivity index (χ2v) is 9.51. The SMILES string of the molecule is CCCN(CCCO)C(=O)C1=Cc2cc(OC)c(-c3ccc(C(=O)N4CCCC4)cc3)cc2N=C(N)C1. The van der Waals surface area contributed by atoms with Gasteiger partial charge in [-0.3, -0.25) is 9.59 Å². The van der Waals surface area contributed by atoms with E-state index < -0.39 is 0 Å². The van der Waals surface area contributed by atoms with Crippen LogP contribution < -0.4 is 10.5 Å². The third-order valence-corrected chi connectivity index (χ3v) is 6.79. The van der Waals surface area contributed by atoms with E-state index in [0.29, 0.717) is 47.9 Å². The van der Waals surface area contributed by atoms with Gasteiger partial charge in [0.2, 0.25) is 5.91 Å². The summed E-state index contributed by atoms with van der Waals surface area (Å²) < 4.78 is 5.72. The molecule has 0 atom stereocenters. The minimum Gasteiger partial charge on any atom is -0.496 e. The van der Waals surface area contributed by atoms with Gasteiger partial charge in [-0.15, -0.1) is 0 Å². The highest BCUT2D eigenvalue weighted by Gasteiger charge is 2.23. The second-order valence-electron chi connectivity index (χ2n) is 9.51. The molecule has 0 aromatic heterocycles. The van der Waals surface area contributed by atoms with Gasteiger partial charge in [-0.1, -0.05) is 19.1 Å². The fourth-order valence-corrected chi connectivity index (χ4v) is 4.90. The molecule has 2 heterocycles. The molecule has 37 heavy (non-hydrogen) atoms. The van der Waals surface area contributed by atoms with Crippen LogP contribution in [-0.2, 0) is 4.79 Å². The van der Waals surface area contributed by atoms with Gasteiger partial charge in [-0.25, -0.2) is 4.99 Å². The topological polar surface area (TPSA) is 108 Å². The maximum absolute atomic E-state index is 13.3. The normalized spacial score (nSPS) is 14.9. The molecule has 0 radical (unpaired) electrons. The predicted octanol–water partition coefficient (Wildman–Crippen LogP) is 4.00. The first kappa shape index (κ1) is 26.4. The number of nitrogens with zero attached hydrogens (tertiary/aromatic N) is 3. The molecule has 0 saturated carbocycles. The molecule has 4 rings (SSSR count). The molecule has 3 N–H and O–H groups in total. The van der Waals surface area contributed by atoms with E-state index in [1.165, 1.54) is 0 Å². The van der Waals surface area contributed by atoms with Crippen LogP contribution in [0.5, 0.6) is 5.75 Å². The summed E-state index contributed by atoms with van der Waals surface area (Å²) in [5.74, 6) is 0.970. The van der Waals surface area contributed by atoms with Crippen LogP contribution in [0.1, 0.15) is 54.9 Å². The molecule has 8 heteroatoms. The molecule has 196 valence electrons. The number of aliphatic hydroxyl groups is 1. The Morgan fingerprint density at radius 3 is 2.51 bits per heavy atom. The first-order chi connectivity index (χ1) is 17.9. The standard InChI is InChI=1S/C29H36N4O4/c1-3-11-32(14-6-15-34)29(36)23-16-22-17-26(37-2)24(19-25(22)31-27(30)18-23)20-7-9-21(10-8-20)28(35)33-12-4-5-13-33/h7-10,16-17,19,34H,3-6,11-15,18H2,1-2H3,(H2,30,31). The Kier molecular flexibility index (Phi) is 8.61. The van der Waals surface area contributed by atoms with Gasteiger partial charge < -0.3 is 25.4 Å². The Bertz CT molecular complexity index is 1200. The van der Waals surface area contributed by atoms with Gasteiger partial charge in [0.25, 0.3) is 5.91 Å². The number of nitrogens with two attached hydrogens (primary N) is 1. The van der Waals surface area contributed by atoms with Crippen molar-refractivity contribution < 1.29 is 19.4 Å². The van der Waals surface area contributed by atoms with E-state index in [4.69, 9.17) is 10.5 Å². The van der Waals surface area contributed by atoms with E-state index in [0.717, 1.165) is 49.0 Å². The van der Waals surface area contributed by atoms with E-state index in [-0.39, 0.29) is 24.8 Å². The van der Waals surface area contributed by atoms with Crippen LogP contribution in [0.25, 0.3) is 17.2 Å². The number of hydrogen-bond acceptors (Lipinski definition) is 6. The zero-order chi connectivity index (χ0) is 26.4.